The van der Waals surface area contributed by atoms with Gasteiger partial charge in [0, 0.05) is 16.2 Å². The average Bonchev–Trinajstić information content (AvgIpc) is 3.08. The van der Waals surface area contributed by atoms with Gasteiger partial charge in [0.1, 0.15) is 21.5 Å². The fourth-order valence-electron chi connectivity index (χ4n) is 4.83. The second-order valence-electron chi connectivity index (χ2n) is 8.96. The lowest BCUT2D eigenvalue weighted by atomic mass is 9.79. The molecular formula is C22H25FINO3S2. The molecule has 162 valence electrons. The maximum Gasteiger partial charge on any atom is 0.189 e. The molecule has 1 fully saturated rings. The van der Waals surface area contributed by atoms with E-state index in [1.54, 1.807) is 0 Å². The van der Waals surface area contributed by atoms with Crippen LogP contribution in [0.2, 0.25) is 0 Å². The fourth-order valence-corrected chi connectivity index (χ4v) is 9.30. The van der Waals surface area contributed by atoms with Crippen LogP contribution in [0.25, 0.3) is 0 Å². The topological polar surface area (TPSA) is 54.5 Å². The van der Waals surface area contributed by atoms with E-state index in [0.29, 0.717) is 19.4 Å². The highest BCUT2D eigenvalue weighted by Gasteiger charge is 2.61. The minimum absolute atomic E-state index is 0.115. The number of rotatable bonds is 3. The number of aryl methyl sites for hydroxylation is 1. The summed E-state index contributed by atoms with van der Waals surface area (Å²) >= 11 is 2.24. The van der Waals surface area contributed by atoms with Crippen LogP contribution in [0.5, 0.6) is 0 Å². The molecule has 4 nitrogen and oxygen atoms in total. The molecule has 0 N–H and O–H groups in total. The van der Waals surface area contributed by atoms with Gasteiger partial charge in [-0.2, -0.15) is 0 Å². The predicted octanol–water partition coefficient (Wildman–Crippen LogP) is 4.58. The van der Waals surface area contributed by atoms with Crippen molar-refractivity contribution in [3.63, 3.8) is 0 Å². The van der Waals surface area contributed by atoms with Crippen LogP contribution in [-0.4, -0.2) is 34.3 Å². The quantitative estimate of drug-likeness (QED) is 0.408. The Balaban J connectivity index is 1.94. The molecule has 0 spiro atoms. The van der Waals surface area contributed by atoms with Gasteiger partial charge in [0.2, 0.25) is 0 Å². The van der Waals surface area contributed by atoms with Crippen molar-refractivity contribution in [2.75, 3.05) is 6.54 Å². The zero-order valence-electron chi connectivity index (χ0n) is 17.2. The van der Waals surface area contributed by atoms with Crippen molar-refractivity contribution in [3.8, 4) is 0 Å². The first-order chi connectivity index (χ1) is 14.0. The zero-order chi connectivity index (χ0) is 21.9. The Kier molecular flexibility index (Phi) is 5.69. The Morgan fingerprint density at radius 3 is 2.47 bits per heavy atom. The van der Waals surface area contributed by atoms with E-state index in [1.807, 2.05) is 37.2 Å². The van der Waals surface area contributed by atoms with Crippen molar-refractivity contribution in [1.29, 1.82) is 0 Å². The third-order valence-corrected chi connectivity index (χ3v) is 11.3. The second kappa shape index (κ2) is 7.64. The molecule has 0 radical (unpaired) electrons. The van der Waals surface area contributed by atoms with Gasteiger partial charge in [0.25, 0.3) is 0 Å². The lowest BCUT2D eigenvalue weighted by Gasteiger charge is -2.43. The smallest absolute Gasteiger partial charge is 0.189 e. The first-order valence-corrected chi connectivity index (χ1v) is 13.6. The maximum atomic E-state index is 14.1. The van der Waals surface area contributed by atoms with Gasteiger partial charge in [-0.25, -0.2) is 21.3 Å². The molecule has 1 heterocycles. The van der Waals surface area contributed by atoms with Gasteiger partial charge < -0.3 is 0 Å². The van der Waals surface area contributed by atoms with Crippen molar-refractivity contribution < 1.29 is 17.0 Å². The molecule has 1 aliphatic heterocycles. The van der Waals surface area contributed by atoms with E-state index in [0.717, 1.165) is 21.1 Å². The molecule has 0 amide bonds. The molecule has 1 saturated heterocycles. The van der Waals surface area contributed by atoms with Crippen LogP contribution in [0, 0.1) is 9.39 Å². The Labute approximate surface area is 193 Å². The van der Waals surface area contributed by atoms with E-state index in [-0.39, 0.29) is 10.9 Å². The molecule has 4 rings (SSSR count). The van der Waals surface area contributed by atoms with Gasteiger partial charge in [-0.05, 0) is 110 Å². The molecular weight excluding hydrogens is 536 g/mol. The summed E-state index contributed by atoms with van der Waals surface area (Å²) in [5, 5.41) is 0. The lowest BCUT2D eigenvalue weighted by Crippen LogP contribution is -2.52. The largest absolute Gasteiger partial charge is 0.242 e. The van der Waals surface area contributed by atoms with Gasteiger partial charge in [-0.15, -0.1) is 0 Å². The Morgan fingerprint density at radius 2 is 1.83 bits per heavy atom. The molecule has 2 aliphatic rings. The highest BCUT2D eigenvalue weighted by Crippen LogP contribution is 2.53. The molecule has 0 aromatic heterocycles. The minimum atomic E-state index is -3.86. The van der Waals surface area contributed by atoms with E-state index < -0.39 is 36.1 Å². The van der Waals surface area contributed by atoms with Gasteiger partial charge in [0.15, 0.2) is 9.84 Å². The second-order valence-corrected chi connectivity index (χ2v) is 14.6. The van der Waals surface area contributed by atoms with E-state index >= 15 is 0 Å². The summed E-state index contributed by atoms with van der Waals surface area (Å²) in [7, 11) is -5.19. The summed E-state index contributed by atoms with van der Waals surface area (Å²) in [6, 6.07) is 10.6. The number of fused-ring (bicyclic) bond motifs is 3. The van der Waals surface area contributed by atoms with Crippen LogP contribution < -0.4 is 0 Å². The van der Waals surface area contributed by atoms with Crippen molar-refractivity contribution in [2.24, 2.45) is 0 Å². The summed E-state index contributed by atoms with van der Waals surface area (Å²) in [4.78, 5) is 0.115. The molecule has 1 aliphatic carbocycles. The molecule has 0 bridgehead atoms. The summed E-state index contributed by atoms with van der Waals surface area (Å²) in [6.45, 7) is 6.19. The average molecular weight is 561 g/mol. The molecule has 2 aromatic rings. The number of sulfone groups is 1. The van der Waals surface area contributed by atoms with Gasteiger partial charge >= 0.3 is 0 Å². The van der Waals surface area contributed by atoms with Crippen LogP contribution in [-0.2, 0) is 32.0 Å². The molecule has 1 unspecified atom stereocenters. The summed E-state index contributed by atoms with van der Waals surface area (Å²) in [5.74, 6) is -0.469. The minimum Gasteiger partial charge on any atom is -0.242 e. The van der Waals surface area contributed by atoms with Crippen LogP contribution in [0.4, 0.5) is 4.39 Å². The number of nitrogens with zero attached hydrogens (tertiary/aromatic N) is 1. The third kappa shape index (κ3) is 3.38. The molecule has 30 heavy (non-hydrogen) atoms. The van der Waals surface area contributed by atoms with Gasteiger partial charge in [-0.3, -0.25) is 0 Å². The highest BCUT2D eigenvalue weighted by atomic mass is 127. The molecule has 0 saturated carbocycles. The first-order valence-electron chi connectivity index (χ1n) is 9.96. The fraction of sp³-hybridized carbons (Fsp3) is 0.455. The first kappa shape index (κ1) is 22.4. The van der Waals surface area contributed by atoms with Crippen molar-refractivity contribution in [1.82, 2.24) is 4.31 Å². The third-order valence-electron chi connectivity index (χ3n) is 6.14. The SMILES string of the molecule is CC(C)(C)S(=O)N1CC[C@@]2(S(=O)(=O)c3ccc(F)cc3)c3ccc(I)cc3CC[C@@H]12. The predicted molar refractivity (Wildman–Crippen MR) is 126 cm³/mol. The standard InChI is InChI=1S/C22H25FINO3S2/c1-21(2,3)29(26)25-13-12-22(30(27,28)18-8-5-16(23)6-9-18)19-10-7-17(24)14-15(19)4-11-20(22)25/h5-10,14,20H,4,11-13H2,1-3H3/t20-,22-,29?/m1/s1. The zero-order valence-corrected chi connectivity index (χ0v) is 21.0. The van der Waals surface area contributed by atoms with E-state index in [2.05, 4.69) is 28.7 Å². The Hall–Kier alpha value is -0.840. The van der Waals surface area contributed by atoms with Crippen LogP contribution in [0.3, 0.4) is 0 Å². The Bertz CT molecular complexity index is 1110. The van der Waals surface area contributed by atoms with E-state index in [4.69, 9.17) is 0 Å². The molecule has 2 aromatic carbocycles. The van der Waals surface area contributed by atoms with E-state index in [1.165, 1.54) is 24.3 Å². The monoisotopic (exact) mass is 561 g/mol. The van der Waals surface area contributed by atoms with Crippen molar-refractivity contribution in [2.45, 2.75) is 60.5 Å². The normalized spacial score (nSPS) is 25.6. The van der Waals surface area contributed by atoms with E-state index in [9.17, 15) is 17.0 Å². The lowest BCUT2D eigenvalue weighted by molar-refractivity contribution is 0.325. The summed E-state index contributed by atoms with van der Waals surface area (Å²) in [5.41, 5.74) is 1.84. The highest BCUT2D eigenvalue weighted by molar-refractivity contribution is 14.1. The summed E-state index contributed by atoms with van der Waals surface area (Å²) < 4.78 is 56.4. The number of hydrogen-bond acceptors (Lipinski definition) is 3. The number of hydrogen-bond donors (Lipinski definition) is 0. The number of halogens is 2. The van der Waals surface area contributed by atoms with Crippen LogP contribution >= 0.6 is 22.6 Å². The summed E-state index contributed by atoms with van der Waals surface area (Å²) in [6.07, 6.45) is 1.73. The van der Waals surface area contributed by atoms with Gasteiger partial charge in [0.05, 0.1) is 9.64 Å². The van der Waals surface area contributed by atoms with Crippen LogP contribution in [0.15, 0.2) is 47.4 Å². The molecule has 3 atom stereocenters. The van der Waals surface area contributed by atoms with Crippen LogP contribution in [0.1, 0.15) is 44.7 Å². The van der Waals surface area contributed by atoms with Crippen molar-refractivity contribution >= 4 is 43.4 Å². The van der Waals surface area contributed by atoms with Gasteiger partial charge in [-0.1, -0.05) is 6.07 Å². The molecule has 8 heteroatoms. The Morgan fingerprint density at radius 1 is 1.17 bits per heavy atom. The maximum absolute atomic E-state index is 14.1. The number of benzene rings is 2. The van der Waals surface area contributed by atoms with Crippen molar-refractivity contribution in [3.05, 3.63) is 63.0 Å².